The number of hydrogen-bond acceptors (Lipinski definition) is 3. The van der Waals surface area contributed by atoms with E-state index in [0.717, 1.165) is 33.8 Å². The first-order chi connectivity index (χ1) is 17.2. The van der Waals surface area contributed by atoms with Crippen molar-refractivity contribution in [2.75, 3.05) is 20.8 Å². The van der Waals surface area contributed by atoms with Gasteiger partial charge in [-0.2, -0.15) is 0 Å². The Labute approximate surface area is 207 Å². The number of carbonyl (C=O) groups is 1. The highest BCUT2D eigenvalue weighted by Gasteiger charge is 2.38. The maximum absolute atomic E-state index is 13.5. The Hall–Kier alpha value is -4.05. The number of hydrogen-bond donors (Lipinski definition) is 1. The Morgan fingerprint density at radius 1 is 0.686 bits per heavy atom. The zero-order valence-electron chi connectivity index (χ0n) is 20.2. The summed E-state index contributed by atoms with van der Waals surface area (Å²) >= 11 is 0. The molecule has 0 aliphatic rings. The molecule has 0 aliphatic heterocycles. The van der Waals surface area contributed by atoms with E-state index < -0.39 is 5.41 Å². The van der Waals surface area contributed by atoms with E-state index in [1.54, 1.807) is 14.2 Å². The molecule has 0 saturated heterocycles. The van der Waals surface area contributed by atoms with Crippen LogP contribution in [0, 0.1) is 0 Å². The molecule has 0 heterocycles. The summed E-state index contributed by atoms with van der Waals surface area (Å²) in [7, 11) is 3.27. The van der Waals surface area contributed by atoms with Crippen LogP contribution in [0.1, 0.15) is 28.7 Å². The third-order valence-electron chi connectivity index (χ3n) is 6.37. The van der Waals surface area contributed by atoms with E-state index >= 15 is 0 Å². The van der Waals surface area contributed by atoms with Crippen molar-refractivity contribution < 1.29 is 14.3 Å². The van der Waals surface area contributed by atoms with E-state index in [1.165, 1.54) is 0 Å². The SMILES string of the molecule is COc1cc(CCNC(=O)CC(c2ccccc2)(c2ccccc2)c2ccccc2)cc(OC)c1. The molecule has 4 nitrogen and oxygen atoms in total. The number of benzene rings is 4. The van der Waals surface area contributed by atoms with Gasteiger partial charge >= 0.3 is 0 Å². The number of ether oxygens (including phenoxy) is 2. The van der Waals surface area contributed by atoms with Crippen LogP contribution in [-0.4, -0.2) is 26.7 Å². The van der Waals surface area contributed by atoms with Crippen LogP contribution < -0.4 is 14.8 Å². The van der Waals surface area contributed by atoms with Crippen LogP contribution in [0.2, 0.25) is 0 Å². The molecule has 0 aromatic heterocycles. The monoisotopic (exact) mass is 465 g/mol. The molecule has 4 aromatic carbocycles. The van der Waals surface area contributed by atoms with Crippen molar-refractivity contribution in [1.82, 2.24) is 5.32 Å². The van der Waals surface area contributed by atoms with Crippen molar-refractivity contribution in [3.63, 3.8) is 0 Å². The van der Waals surface area contributed by atoms with Crippen LogP contribution in [-0.2, 0) is 16.6 Å². The highest BCUT2D eigenvalue weighted by molar-refractivity contribution is 5.80. The summed E-state index contributed by atoms with van der Waals surface area (Å²) in [4.78, 5) is 13.5. The molecule has 0 radical (unpaired) electrons. The molecule has 0 aliphatic carbocycles. The summed E-state index contributed by atoms with van der Waals surface area (Å²) in [5, 5.41) is 3.15. The average Bonchev–Trinajstić information content (AvgIpc) is 2.93. The van der Waals surface area contributed by atoms with Crippen LogP contribution in [0.3, 0.4) is 0 Å². The lowest BCUT2D eigenvalue weighted by atomic mass is 9.67. The van der Waals surface area contributed by atoms with Crippen molar-refractivity contribution in [3.8, 4) is 11.5 Å². The third-order valence-corrected chi connectivity index (χ3v) is 6.37. The lowest BCUT2D eigenvalue weighted by Gasteiger charge is -2.35. The molecule has 0 unspecified atom stereocenters. The van der Waals surface area contributed by atoms with Gasteiger partial charge in [-0.05, 0) is 40.8 Å². The van der Waals surface area contributed by atoms with Gasteiger partial charge in [0, 0.05) is 19.0 Å². The normalized spacial score (nSPS) is 11.0. The van der Waals surface area contributed by atoms with Gasteiger partial charge in [0.25, 0.3) is 0 Å². The van der Waals surface area contributed by atoms with Crippen molar-refractivity contribution in [2.24, 2.45) is 0 Å². The van der Waals surface area contributed by atoms with E-state index in [-0.39, 0.29) is 5.91 Å². The largest absolute Gasteiger partial charge is 0.497 e. The molecule has 0 atom stereocenters. The van der Waals surface area contributed by atoms with E-state index in [2.05, 4.69) is 41.7 Å². The fourth-order valence-electron chi connectivity index (χ4n) is 4.63. The molecule has 0 fully saturated rings. The number of nitrogens with one attached hydrogen (secondary N) is 1. The predicted molar refractivity (Wildman–Crippen MR) is 140 cm³/mol. The van der Waals surface area contributed by atoms with E-state index in [9.17, 15) is 4.79 Å². The minimum Gasteiger partial charge on any atom is -0.497 e. The summed E-state index contributed by atoms with van der Waals surface area (Å²) in [5.41, 5.74) is 3.70. The maximum Gasteiger partial charge on any atom is 0.221 e. The van der Waals surface area contributed by atoms with Gasteiger partial charge in [-0.3, -0.25) is 4.79 Å². The molecular weight excluding hydrogens is 434 g/mol. The van der Waals surface area contributed by atoms with Gasteiger partial charge in [-0.15, -0.1) is 0 Å². The van der Waals surface area contributed by atoms with Gasteiger partial charge < -0.3 is 14.8 Å². The Morgan fingerprint density at radius 2 is 1.11 bits per heavy atom. The molecule has 4 aromatic rings. The van der Waals surface area contributed by atoms with Crippen molar-refractivity contribution in [3.05, 3.63) is 131 Å². The molecular formula is C31H31NO3. The number of carbonyl (C=O) groups excluding carboxylic acids is 1. The van der Waals surface area contributed by atoms with Gasteiger partial charge in [0.05, 0.1) is 19.6 Å². The predicted octanol–water partition coefficient (Wildman–Crippen LogP) is 5.79. The van der Waals surface area contributed by atoms with E-state index in [4.69, 9.17) is 9.47 Å². The molecule has 1 N–H and O–H groups in total. The number of rotatable bonds is 10. The summed E-state index contributed by atoms with van der Waals surface area (Å²) in [6.07, 6.45) is 0.973. The number of methoxy groups -OCH3 is 2. The molecule has 178 valence electrons. The highest BCUT2D eigenvalue weighted by atomic mass is 16.5. The molecule has 1 amide bonds. The molecule has 4 heteroatoms. The van der Waals surface area contributed by atoms with Crippen molar-refractivity contribution in [2.45, 2.75) is 18.3 Å². The first-order valence-corrected chi connectivity index (χ1v) is 11.8. The second-order valence-corrected chi connectivity index (χ2v) is 8.50. The van der Waals surface area contributed by atoms with Gasteiger partial charge in [-0.1, -0.05) is 91.0 Å². The summed E-state index contributed by atoms with van der Waals surface area (Å²) in [6.45, 7) is 0.517. The summed E-state index contributed by atoms with van der Waals surface area (Å²) in [6, 6.07) is 36.6. The third kappa shape index (κ3) is 5.55. The first kappa shape index (κ1) is 24.1. The van der Waals surface area contributed by atoms with Gasteiger partial charge in [0.1, 0.15) is 11.5 Å². The summed E-state index contributed by atoms with van der Waals surface area (Å²) < 4.78 is 10.7. The van der Waals surface area contributed by atoms with E-state index in [1.807, 2.05) is 72.8 Å². The molecule has 0 bridgehead atoms. The highest BCUT2D eigenvalue weighted by Crippen LogP contribution is 2.42. The van der Waals surface area contributed by atoms with Gasteiger partial charge in [0.2, 0.25) is 5.91 Å². The Morgan fingerprint density at radius 3 is 1.51 bits per heavy atom. The zero-order chi connectivity index (χ0) is 24.5. The Kier molecular flexibility index (Phi) is 7.84. The fourth-order valence-corrected chi connectivity index (χ4v) is 4.63. The topological polar surface area (TPSA) is 47.6 Å². The van der Waals surface area contributed by atoms with Crippen LogP contribution in [0.5, 0.6) is 11.5 Å². The molecule has 35 heavy (non-hydrogen) atoms. The fraction of sp³-hybridized carbons (Fsp3) is 0.194. The standard InChI is InChI=1S/C31H31NO3/c1-34-28-20-24(21-29(22-28)35-2)18-19-32-30(33)23-31(25-12-6-3-7-13-25,26-14-8-4-9-15-26)27-16-10-5-11-17-27/h3-17,20-22H,18-19,23H2,1-2H3,(H,32,33). The minimum atomic E-state index is -0.604. The molecule has 0 saturated carbocycles. The van der Waals surface area contributed by atoms with Crippen molar-refractivity contribution in [1.29, 1.82) is 0 Å². The van der Waals surface area contributed by atoms with Crippen LogP contribution in [0.15, 0.2) is 109 Å². The summed E-state index contributed by atoms with van der Waals surface area (Å²) in [5.74, 6) is 1.47. The van der Waals surface area contributed by atoms with Gasteiger partial charge in [0.15, 0.2) is 0 Å². The average molecular weight is 466 g/mol. The molecule has 4 rings (SSSR count). The van der Waals surface area contributed by atoms with Crippen LogP contribution >= 0.6 is 0 Å². The first-order valence-electron chi connectivity index (χ1n) is 11.8. The van der Waals surface area contributed by atoms with Gasteiger partial charge in [-0.25, -0.2) is 0 Å². The van der Waals surface area contributed by atoms with Crippen LogP contribution in [0.4, 0.5) is 0 Å². The smallest absolute Gasteiger partial charge is 0.221 e. The second-order valence-electron chi connectivity index (χ2n) is 8.50. The lowest BCUT2D eigenvalue weighted by Crippen LogP contribution is -2.37. The minimum absolute atomic E-state index is 0.00331. The lowest BCUT2D eigenvalue weighted by molar-refractivity contribution is -0.121. The second kappa shape index (κ2) is 11.4. The zero-order valence-corrected chi connectivity index (χ0v) is 20.2. The van der Waals surface area contributed by atoms with E-state index in [0.29, 0.717) is 19.4 Å². The van der Waals surface area contributed by atoms with Crippen LogP contribution in [0.25, 0.3) is 0 Å². The molecule has 0 spiro atoms. The quantitative estimate of drug-likeness (QED) is 0.302. The Balaban J connectivity index is 1.61. The maximum atomic E-state index is 13.5. The Bertz CT molecular complexity index is 1110. The number of amides is 1. The van der Waals surface area contributed by atoms with Crippen molar-refractivity contribution >= 4 is 5.91 Å².